The maximum Gasteiger partial charge on any atom is 0.257 e. The van der Waals surface area contributed by atoms with Gasteiger partial charge >= 0.3 is 0 Å². The molecule has 5 heteroatoms. The Balaban J connectivity index is 1.44. The van der Waals surface area contributed by atoms with Gasteiger partial charge in [0.25, 0.3) is 5.91 Å². The summed E-state index contributed by atoms with van der Waals surface area (Å²) in [4.78, 5) is 20.4. The molecule has 3 aromatic heterocycles. The van der Waals surface area contributed by atoms with Crippen molar-refractivity contribution in [2.45, 2.75) is 6.92 Å². The van der Waals surface area contributed by atoms with Crippen LogP contribution in [0, 0.1) is 6.92 Å². The first kappa shape index (κ1) is 18.8. The molecular formula is C26H20N4O. The molecule has 0 fully saturated rings. The summed E-state index contributed by atoms with van der Waals surface area (Å²) in [5, 5.41) is 4.10. The van der Waals surface area contributed by atoms with E-state index in [4.69, 9.17) is 0 Å². The first-order valence-corrected chi connectivity index (χ1v) is 10.0. The number of hydrogen-bond acceptors (Lipinski definition) is 3. The molecule has 0 saturated carbocycles. The van der Waals surface area contributed by atoms with E-state index in [0.717, 1.165) is 28.1 Å². The molecule has 0 bridgehead atoms. The molecule has 5 aromatic rings. The van der Waals surface area contributed by atoms with Crippen LogP contribution in [-0.2, 0) is 0 Å². The summed E-state index contributed by atoms with van der Waals surface area (Å²) in [6.45, 7) is 2.10. The van der Waals surface area contributed by atoms with Crippen molar-refractivity contribution >= 4 is 22.5 Å². The Morgan fingerprint density at radius 3 is 2.39 bits per heavy atom. The minimum absolute atomic E-state index is 0.174. The van der Waals surface area contributed by atoms with Gasteiger partial charge in [0.05, 0.1) is 11.1 Å². The molecule has 0 saturated heterocycles. The van der Waals surface area contributed by atoms with Crippen molar-refractivity contribution in [1.82, 2.24) is 14.5 Å². The molecule has 5 rings (SSSR count). The Hall–Kier alpha value is -4.25. The zero-order valence-corrected chi connectivity index (χ0v) is 17.0. The molecule has 0 unspecified atom stereocenters. The Morgan fingerprint density at radius 2 is 1.65 bits per heavy atom. The third-order valence-electron chi connectivity index (χ3n) is 5.31. The molecule has 1 N–H and O–H groups in total. The van der Waals surface area contributed by atoms with Gasteiger partial charge in [-0.1, -0.05) is 6.07 Å². The highest BCUT2D eigenvalue weighted by atomic mass is 16.1. The number of carbonyl (C=O) groups excluding carboxylic acids is 1. The largest absolute Gasteiger partial charge is 0.322 e. The number of anilines is 1. The highest BCUT2D eigenvalue weighted by Crippen LogP contribution is 2.29. The van der Waals surface area contributed by atoms with E-state index < -0.39 is 0 Å². The Labute approximate surface area is 180 Å². The molecule has 0 aliphatic heterocycles. The molecule has 0 radical (unpaired) electrons. The van der Waals surface area contributed by atoms with Crippen molar-refractivity contribution in [1.29, 1.82) is 0 Å². The minimum atomic E-state index is -0.174. The van der Waals surface area contributed by atoms with E-state index >= 15 is 0 Å². The van der Waals surface area contributed by atoms with Crippen LogP contribution >= 0.6 is 0 Å². The number of nitrogens with zero attached hydrogens (tertiary/aromatic N) is 3. The number of fused-ring (bicyclic) bond motifs is 1. The van der Waals surface area contributed by atoms with Gasteiger partial charge in [-0.3, -0.25) is 14.8 Å². The Morgan fingerprint density at radius 1 is 0.839 bits per heavy atom. The summed E-state index contributed by atoms with van der Waals surface area (Å²) < 4.78 is 2.22. The van der Waals surface area contributed by atoms with Crippen molar-refractivity contribution in [3.63, 3.8) is 0 Å². The summed E-state index contributed by atoms with van der Waals surface area (Å²) in [6, 6.07) is 24.1. The Kier molecular flexibility index (Phi) is 4.77. The summed E-state index contributed by atoms with van der Waals surface area (Å²) in [6.07, 6.45) is 6.82. The molecule has 2 aromatic carbocycles. The van der Waals surface area contributed by atoms with Crippen molar-refractivity contribution in [3.05, 3.63) is 109 Å². The van der Waals surface area contributed by atoms with Crippen molar-refractivity contribution in [2.24, 2.45) is 0 Å². The van der Waals surface area contributed by atoms with Crippen LogP contribution in [0.3, 0.4) is 0 Å². The average molecular weight is 404 g/mol. The van der Waals surface area contributed by atoms with Gasteiger partial charge in [0.15, 0.2) is 0 Å². The topological polar surface area (TPSA) is 59.8 Å². The van der Waals surface area contributed by atoms with Crippen LogP contribution in [0.5, 0.6) is 0 Å². The molecule has 0 atom stereocenters. The van der Waals surface area contributed by atoms with Crippen LogP contribution in [0.2, 0.25) is 0 Å². The third kappa shape index (κ3) is 3.69. The van der Waals surface area contributed by atoms with Gasteiger partial charge in [0.1, 0.15) is 0 Å². The van der Waals surface area contributed by atoms with Crippen molar-refractivity contribution in [3.8, 4) is 16.8 Å². The monoisotopic (exact) mass is 404 g/mol. The molecule has 5 nitrogen and oxygen atoms in total. The van der Waals surface area contributed by atoms with E-state index in [0.29, 0.717) is 5.56 Å². The first-order valence-electron chi connectivity index (χ1n) is 10.0. The molecule has 150 valence electrons. The number of pyridine rings is 2. The second-order valence-electron chi connectivity index (χ2n) is 7.37. The SMILES string of the molecule is Cc1cc2cc(-c3ccncc3)ccc2n1-c1ccc(NC(=O)c2cccnc2)cc1. The van der Waals surface area contributed by atoms with E-state index in [2.05, 4.69) is 51.0 Å². The van der Waals surface area contributed by atoms with Gasteiger partial charge in [0, 0.05) is 47.2 Å². The summed E-state index contributed by atoms with van der Waals surface area (Å²) in [7, 11) is 0. The number of amides is 1. The van der Waals surface area contributed by atoms with Gasteiger partial charge in [0.2, 0.25) is 0 Å². The number of rotatable bonds is 4. The minimum Gasteiger partial charge on any atom is -0.322 e. The van der Waals surface area contributed by atoms with Crippen molar-refractivity contribution in [2.75, 3.05) is 5.32 Å². The molecule has 3 heterocycles. The predicted molar refractivity (Wildman–Crippen MR) is 123 cm³/mol. The molecule has 0 aliphatic carbocycles. The number of aryl methyl sites for hydroxylation is 1. The van der Waals surface area contributed by atoms with Crippen LogP contribution in [0.25, 0.3) is 27.7 Å². The highest BCUT2D eigenvalue weighted by molar-refractivity contribution is 6.04. The number of nitrogens with one attached hydrogen (secondary N) is 1. The van der Waals surface area contributed by atoms with E-state index in [-0.39, 0.29) is 5.91 Å². The summed E-state index contributed by atoms with van der Waals surface area (Å²) in [5.74, 6) is -0.174. The zero-order valence-electron chi connectivity index (χ0n) is 17.0. The quantitative estimate of drug-likeness (QED) is 0.421. The molecule has 0 spiro atoms. The van der Waals surface area contributed by atoms with E-state index in [1.807, 2.05) is 48.8 Å². The second kappa shape index (κ2) is 7.88. The lowest BCUT2D eigenvalue weighted by molar-refractivity contribution is 0.102. The molecule has 31 heavy (non-hydrogen) atoms. The second-order valence-corrected chi connectivity index (χ2v) is 7.37. The average Bonchev–Trinajstić information content (AvgIpc) is 3.15. The van der Waals surface area contributed by atoms with Gasteiger partial charge in [-0.15, -0.1) is 0 Å². The molecule has 0 aliphatic rings. The van der Waals surface area contributed by atoms with Gasteiger partial charge in [-0.2, -0.15) is 0 Å². The zero-order chi connectivity index (χ0) is 21.2. The third-order valence-corrected chi connectivity index (χ3v) is 5.31. The Bertz CT molecular complexity index is 1360. The first-order chi connectivity index (χ1) is 15.2. The van der Waals surface area contributed by atoms with Crippen LogP contribution in [0.4, 0.5) is 5.69 Å². The highest BCUT2D eigenvalue weighted by Gasteiger charge is 2.10. The summed E-state index contributed by atoms with van der Waals surface area (Å²) >= 11 is 0. The number of benzene rings is 2. The van der Waals surface area contributed by atoms with E-state index in [9.17, 15) is 4.79 Å². The maximum atomic E-state index is 12.3. The fourth-order valence-electron chi connectivity index (χ4n) is 3.81. The summed E-state index contributed by atoms with van der Waals surface area (Å²) in [5.41, 5.74) is 6.92. The lowest BCUT2D eigenvalue weighted by Gasteiger charge is -2.11. The van der Waals surface area contributed by atoms with E-state index in [1.54, 1.807) is 24.5 Å². The van der Waals surface area contributed by atoms with Crippen LogP contribution < -0.4 is 5.32 Å². The normalized spacial score (nSPS) is 10.9. The molecule has 1 amide bonds. The smallest absolute Gasteiger partial charge is 0.257 e. The lowest BCUT2D eigenvalue weighted by Crippen LogP contribution is -2.12. The molecular weight excluding hydrogens is 384 g/mol. The van der Waals surface area contributed by atoms with Gasteiger partial charge in [-0.05, 0) is 84.8 Å². The number of carbonyl (C=O) groups is 1. The van der Waals surface area contributed by atoms with Gasteiger partial charge < -0.3 is 9.88 Å². The predicted octanol–water partition coefficient (Wildman–Crippen LogP) is 5.65. The fourth-order valence-corrected chi connectivity index (χ4v) is 3.81. The fraction of sp³-hybridized carbons (Fsp3) is 0.0385. The van der Waals surface area contributed by atoms with Crippen LogP contribution in [0.15, 0.2) is 97.6 Å². The van der Waals surface area contributed by atoms with E-state index in [1.165, 1.54) is 10.9 Å². The standard InChI is InChI=1S/C26H20N4O/c1-18-15-22-16-20(19-10-13-27-14-11-19)4-9-25(22)30(18)24-7-5-23(6-8-24)29-26(31)21-3-2-12-28-17-21/h2-17H,1H3,(H,29,31). The van der Waals surface area contributed by atoms with Crippen LogP contribution in [-0.4, -0.2) is 20.4 Å². The lowest BCUT2D eigenvalue weighted by atomic mass is 10.1. The van der Waals surface area contributed by atoms with Crippen LogP contribution in [0.1, 0.15) is 16.1 Å². The maximum absolute atomic E-state index is 12.3. The number of hydrogen-bond donors (Lipinski definition) is 1. The van der Waals surface area contributed by atoms with Crippen molar-refractivity contribution < 1.29 is 4.79 Å². The van der Waals surface area contributed by atoms with Gasteiger partial charge in [-0.25, -0.2) is 0 Å². The number of aromatic nitrogens is 3.